The van der Waals surface area contributed by atoms with Crippen molar-refractivity contribution in [1.82, 2.24) is 4.98 Å². The van der Waals surface area contributed by atoms with Gasteiger partial charge in [-0.2, -0.15) is 0 Å². The maximum atomic E-state index is 12.5. The predicted octanol–water partition coefficient (Wildman–Crippen LogP) is 7.02. The summed E-state index contributed by atoms with van der Waals surface area (Å²) in [5.74, 6) is 0.178. The zero-order chi connectivity index (χ0) is 22.6. The van der Waals surface area contributed by atoms with Crippen LogP contribution in [0.25, 0.3) is 11.3 Å². The van der Waals surface area contributed by atoms with Crippen LogP contribution in [0, 0.1) is 0 Å². The Morgan fingerprint density at radius 1 is 0.812 bits per heavy atom. The first-order chi connectivity index (χ1) is 15.7. The summed E-state index contributed by atoms with van der Waals surface area (Å²) in [5, 5.41) is 0. The van der Waals surface area contributed by atoms with Crippen molar-refractivity contribution in [3.63, 3.8) is 0 Å². The zero-order valence-electron chi connectivity index (χ0n) is 19.2. The maximum absolute atomic E-state index is 12.5. The monoisotopic (exact) mass is 431 g/mol. The van der Waals surface area contributed by atoms with Crippen molar-refractivity contribution in [1.29, 1.82) is 0 Å². The van der Waals surface area contributed by atoms with Gasteiger partial charge in [-0.25, -0.2) is 4.79 Å². The normalized spacial score (nSPS) is 10.8. The van der Waals surface area contributed by atoms with E-state index in [1.807, 2.05) is 61.7 Å². The molecule has 0 radical (unpaired) electrons. The zero-order valence-corrected chi connectivity index (χ0v) is 19.2. The quantitative estimate of drug-likeness (QED) is 0.176. The first-order valence-electron chi connectivity index (χ1n) is 11.6. The Labute approximate surface area is 191 Å². The molecule has 1 heterocycles. The lowest BCUT2D eigenvalue weighted by molar-refractivity contribution is 0.0735. The number of benzene rings is 2. The van der Waals surface area contributed by atoms with Crippen LogP contribution < -0.4 is 4.74 Å². The molecule has 0 unspecified atom stereocenters. The lowest BCUT2D eigenvalue weighted by atomic mass is 10.0. The fourth-order valence-electron chi connectivity index (χ4n) is 3.50. The molecule has 0 atom stereocenters. The van der Waals surface area contributed by atoms with E-state index in [9.17, 15) is 4.79 Å². The second kappa shape index (κ2) is 12.8. The number of nitrogens with zero attached hydrogens (tertiary/aromatic N) is 1. The predicted molar refractivity (Wildman–Crippen MR) is 129 cm³/mol. The van der Waals surface area contributed by atoms with Gasteiger partial charge in [0.1, 0.15) is 5.75 Å². The lowest BCUT2D eigenvalue weighted by Gasteiger charge is -2.07. The molecule has 0 amide bonds. The molecule has 1 aromatic heterocycles. The molecule has 2 aromatic carbocycles. The van der Waals surface area contributed by atoms with Crippen molar-refractivity contribution in [2.24, 2.45) is 0 Å². The smallest absolute Gasteiger partial charge is 0.343 e. The van der Waals surface area contributed by atoms with E-state index >= 15 is 0 Å². The molecule has 0 saturated heterocycles. The Bertz CT molecular complexity index is 947. The number of hydrogen-bond donors (Lipinski definition) is 0. The van der Waals surface area contributed by atoms with Crippen LogP contribution in [0.3, 0.4) is 0 Å². The molecule has 168 valence electrons. The molecule has 0 fully saturated rings. The number of unbranched alkanes of at least 4 members (excludes halogenated alkanes) is 4. The van der Waals surface area contributed by atoms with Crippen LogP contribution in [-0.4, -0.2) is 17.6 Å². The van der Waals surface area contributed by atoms with Crippen molar-refractivity contribution in [3.8, 4) is 17.0 Å². The molecule has 0 bridgehead atoms. The van der Waals surface area contributed by atoms with Crippen molar-refractivity contribution in [2.75, 3.05) is 6.61 Å². The van der Waals surface area contributed by atoms with E-state index in [1.165, 1.54) is 37.7 Å². The highest BCUT2D eigenvalue weighted by Gasteiger charge is 2.09. The van der Waals surface area contributed by atoms with Gasteiger partial charge in [0.25, 0.3) is 0 Å². The number of rotatable bonds is 12. The Kier molecular flexibility index (Phi) is 9.45. The largest absolute Gasteiger partial charge is 0.423 e. The number of carbonyl (C=O) groups is 1. The van der Waals surface area contributed by atoms with Crippen LogP contribution in [-0.2, 0) is 17.8 Å². The fraction of sp³-hybridized carbons (Fsp3) is 0.357. The summed E-state index contributed by atoms with van der Waals surface area (Å²) in [4.78, 5) is 17.0. The summed E-state index contributed by atoms with van der Waals surface area (Å²) < 4.78 is 10.9. The minimum Gasteiger partial charge on any atom is -0.423 e. The molecule has 3 rings (SSSR count). The van der Waals surface area contributed by atoms with E-state index in [0.29, 0.717) is 24.5 Å². The molecule has 0 saturated carbocycles. The highest BCUT2D eigenvalue weighted by Crippen LogP contribution is 2.22. The second-order valence-corrected chi connectivity index (χ2v) is 7.96. The summed E-state index contributed by atoms with van der Waals surface area (Å²) in [5.41, 5.74) is 4.71. The molecule has 4 nitrogen and oxygen atoms in total. The third-order valence-corrected chi connectivity index (χ3v) is 5.42. The molecular formula is C28H33NO3. The first kappa shape index (κ1) is 23.7. The molecular weight excluding hydrogens is 398 g/mol. The van der Waals surface area contributed by atoms with Crippen LogP contribution in [0.4, 0.5) is 0 Å². The van der Waals surface area contributed by atoms with Gasteiger partial charge in [0, 0.05) is 18.4 Å². The highest BCUT2D eigenvalue weighted by molar-refractivity contribution is 5.91. The molecule has 0 spiro atoms. The van der Waals surface area contributed by atoms with Crippen molar-refractivity contribution >= 4 is 5.97 Å². The number of ether oxygens (including phenoxy) is 2. The van der Waals surface area contributed by atoms with Crippen LogP contribution in [0.15, 0.2) is 66.9 Å². The minimum absolute atomic E-state index is 0.342. The summed E-state index contributed by atoms with van der Waals surface area (Å²) in [6, 6.07) is 19.2. The number of pyridine rings is 1. The van der Waals surface area contributed by atoms with Crippen LogP contribution in [0.5, 0.6) is 5.75 Å². The van der Waals surface area contributed by atoms with E-state index in [1.54, 1.807) is 12.1 Å². The molecule has 32 heavy (non-hydrogen) atoms. The maximum Gasteiger partial charge on any atom is 0.343 e. The topological polar surface area (TPSA) is 48.4 Å². The third kappa shape index (κ3) is 7.31. The molecule has 0 N–H and O–H groups in total. The third-order valence-electron chi connectivity index (χ3n) is 5.42. The number of hydrogen-bond acceptors (Lipinski definition) is 4. The molecule has 0 aliphatic rings. The molecule has 3 aromatic rings. The van der Waals surface area contributed by atoms with Gasteiger partial charge in [0.15, 0.2) is 0 Å². The van der Waals surface area contributed by atoms with Gasteiger partial charge in [0.05, 0.1) is 17.9 Å². The Morgan fingerprint density at radius 2 is 1.53 bits per heavy atom. The molecule has 0 aliphatic carbocycles. The summed E-state index contributed by atoms with van der Waals surface area (Å²) >= 11 is 0. The van der Waals surface area contributed by atoms with Crippen molar-refractivity contribution in [3.05, 3.63) is 83.6 Å². The first-order valence-corrected chi connectivity index (χ1v) is 11.6. The number of carbonyl (C=O) groups excluding carboxylic acids is 1. The van der Waals surface area contributed by atoms with Gasteiger partial charge < -0.3 is 9.47 Å². The van der Waals surface area contributed by atoms with E-state index in [4.69, 9.17) is 9.47 Å². The average molecular weight is 432 g/mol. The van der Waals surface area contributed by atoms with E-state index < -0.39 is 0 Å². The number of esters is 1. The van der Waals surface area contributed by atoms with E-state index in [0.717, 1.165) is 23.2 Å². The Balaban J connectivity index is 1.52. The van der Waals surface area contributed by atoms with Gasteiger partial charge in [-0.05, 0) is 73.4 Å². The molecule has 4 heteroatoms. The average Bonchev–Trinajstić information content (AvgIpc) is 2.84. The minimum atomic E-state index is -0.342. The van der Waals surface area contributed by atoms with Gasteiger partial charge in [-0.15, -0.1) is 0 Å². The van der Waals surface area contributed by atoms with Crippen molar-refractivity contribution in [2.45, 2.75) is 59.0 Å². The van der Waals surface area contributed by atoms with Gasteiger partial charge in [-0.3, -0.25) is 4.98 Å². The van der Waals surface area contributed by atoms with Crippen molar-refractivity contribution < 1.29 is 14.3 Å². The highest BCUT2D eigenvalue weighted by atomic mass is 16.5. The van der Waals surface area contributed by atoms with E-state index in [-0.39, 0.29) is 5.97 Å². The fourth-order valence-corrected chi connectivity index (χ4v) is 3.50. The Hall–Kier alpha value is -2.98. The number of aryl methyl sites for hydroxylation is 1. The van der Waals surface area contributed by atoms with Crippen LogP contribution >= 0.6 is 0 Å². The van der Waals surface area contributed by atoms with Crippen LogP contribution in [0.2, 0.25) is 0 Å². The SMILES string of the molecule is CCCCCCCc1ccc(C(=O)Oc2ccc(-c3ccc(COCC)cn3)cc2)cc1. The summed E-state index contributed by atoms with van der Waals surface area (Å²) in [6.45, 7) is 5.46. The Morgan fingerprint density at radius 3 is 2.19 bits per heavy atom. The van der Waals surface area contributed by atoms with Gasteiger partial charge in [-0.1, -0.05) is 50.8 Å². The van der Waals surface area contributed by atoms with E-state index in [2.05, 4.69) is 11.9 Å². The lowest BCUT2D eigenvalue weighted by Crippen LogP contribution is -2.08. The second-order valence-electron chi connectivity index (χ2n) is 7.96. The summed E-state index contributed by atoms with van der Waals surface area (Å²) in [6.07, 6.45) is 9.21. The molecule has 0 aliphatic heterocycles. The van der Waals surface area contributed by atoms with Crippen LogP contribution in [0.1, 0.15) is 67.4 Å². The van der Waals surface area contributed by atoms with Gasteiger partial charge in [0.2, 0.25) is 0 Å². The number of aromatic nitrogens is 1. The standard InChI is InChI=1S/C28H33NO3/c1-3-5-6-7-8-9-22-10-13-25(14-11-22)28(30)32-26-17-15-24(16-18-26)27-19-12-23(20-29-27)21-31-4-2/h10-20H,3-9,21H2,1-2H3. The van der Waals surface area contributed by atoms with Gasteiger partial charge >= 0.3 is 5.97 Å². The summed E-state index contributed by atoms with van der Waals surface area (Å²) in [7, 11) is 0.